The number of rotatable bonds is 2. The van der Waals surface area contributed by atoms with Crippen molar-refractivity contribution in [3.05, 3.63) is 27.2 Å². The highest BCUT2D eigenvalue weighted by Gasteiger charge is 2.27. The second kappa shape index (κ2) is 4.92. The van der Waals surface area contributed by atoms with E-state index >= 15 is 0 Å². The third kappa shape index (κ3) is 2.51. The molecule has 16 heavy (non-hydrogen) atoms. The molecule has 0 bridgehead atoms. The van der Waals surface area contributed by atoms with Gasteiger partial charge >= 0.3 is 0 Å². The van der Waals surface area contributed by atoms with Gasteiger partial charge in [-0.05, 0) is 40.5 Å². The van der Waals surface area contributed by atoms with Gasteiger partial charge in [-0.1, -0.05) is 11.6 Å². The summed E-state index contributed by atoms with van der Waals surface area (Å²) in [6, 6.07) is 3.63. The highest BCUT2D eigenvalue weighted by atomic mass is 79.9. The Balaban J connectivity index is 2.21. The van der Waals surface area contributed by atoms with Gasteiger partial charge in [0.2, 0.25) is 0 Å². The highest BCUT2D eigenvalue weighted by molar-refractivity contribution is 9.10. The number of hydrogen-bond acceptors (Lipinski definition) is 3. The second-order valence-corrected chi connectivity index (χ2v) is 5.21. The van der Waals surface area contributed by atoms with Crippen molar-refractivity contribution in [2.24, 2.45) is 0 Å². The molecule has 1 fully saturated rings. The van der Waals surface area contributed by atoms with Crippen LogP contribution in [0, 0.1) is 6.92 Å². The van der Waals surface area contributed by atoms with Crippen LogP contribution in [-0.4, -0.2) is 30.4 Å². The van der Waals surface area contributed by atoms with Crippen LogP contribution in [-0.2, 0) is 0 Å². The van der Waals surface area contributed by atoms with Crippen molar-refractivity contribution in [2.45, 2.75) is 19.1 Å². The summed E-state index contributed by atoms with van der Waals surface area (Å²) >= 11 is 9.33. The van der Waals surface area contributed by atoms with Crippen molar-refractivity contribution < 1.29 is 9.84 Å². The first-order valence-electron chi connectivity index (χ1n) is 5.09. The Morgan fingerprint density at radius 1 is 1.50 bits per heavy atom. The summed E-state index contributed by atoms with van der Waals surface area (Å²) in [7, 11) is 0. The molecule has 0 aliphatic carbocycles. The number of aryl methyl sites for hydroxylation is 1. The van der Waals surface area contributed by atoms with Crippen LogP contribution in [0.15, 0.2) is 16.6 Å². The molecule has 1 aromatic carbocycles. The largest absolute Gasteiger partial charge is 0.485 e. The molecule has 88 valence electrons. The Hall–Kier alpha value is -0.290. The number of nitrogens with one attached hydrogen (secondary N) is 1. The molecule has 2 atom stereocenters. The van der Waals surface area contributed by atoms with Gasteiger partial charge in [-0.2, -0.15) is 0 Å². The number of hydrogen-bond donors (Lipinski definition) is 2. The van der Waals surface area contributed by atoms with Crippen LogP contribution in [0.3, 0.4) is 0 Å². The zero-order valence-corrected chi connectivity index (χ0v) is 11.2. The molecule has 0 unspecified atom stereocenters. The molecule has 3 nitrogen and oxygen atoms in total. The zero-order valence-electron chi connectivity index (χ0n) is 8.84. The smallest absolute Gasteiger partial charge is 0.138 e. The van der Waals surface area contributed by atoms with E-state index in [0.29, 0.717) is 18.1 Å². The maximum Gasteiger partial charge on any atom is 0.138 e. The molecule has 5 heteroatoms. The van der Waals surface area contributed by atoms with Crippen LogP contribution < -0.4 is 10.1 Å². The minimum Gasteiger partial charge on any atom is -0.485 e. The monoisotopic (exact) mass is 305 g/mol. The fourth-order valence-electron chi connectivity index (χ4n) is 1.75. The number of β-amino-alcohol motifs (C(OH)–C–C–N with tert-alkyl or cyclic N) is 1. The van der Waals surface area contributed by atoms with Crippen molar-refractivity contribution in [3.8, 4) is 5.75 Å². The summed E-state index contributed by atoms with van der Waals surface area (Å²) in [6.07, 6.45) is -0.654. The van der Waals surface area contributed by atoms with Crippen LogP contribution >= 0.6 is 27.5 Å². The van der Waals surface area contributed by atoms with Crippen LogP contribution in [0.1, 0.15) is 5.56 Å². The van der Waals surface area contributed by atoms with Gasteiger partial charge in [-0.25, -0.2) is 0 Å². The summed E-state index contributed by atoms with van der Waals surface area (Å²) in [4.78, 5) is 0. The summed E-state index contributed by atoms with van der Waals surface area (Å²) < 4.78 is 6.60. The molecule has 2 rings (SSSR count). The van der Waals surface area contributed by atoms with Crippen LogP contribution in [0.25, 0.3) is 0 Å². The molecule has 0 saturated carbocycles. The molecule has 1 heterocycles. The van der Waals surface area contributed by atoms with Gasteiger partial charge in [0.25, 0.3) is 0 Å². The van der Waals surface area contributed by atoms with Crippen molar-refractivity contribution in [3.63, 3.8) is 0 Å². The minimum atomic E-state index is -0.457. The lowest BCUT2D eigenvalue weighted by molar-refractivity contribution is 0.0728. The number of aliphatic hydroxyl groups is 1. The van der Waals surface area contributed by atoms with Crippen molar-refractivity contribution >= 4 is 27.5 Å². The Morgan fingerprint density at radius 3 is 2.81 bits per heavy atom. The quantitative estimate of drug-likeness (QED) is 0.879. The maximum atomic E-state index is 9.66. The van der Waals surface area contributed by atoms with Crippen LogP contribution in [0.4, 0.5) is 0 Å². The van der Waals surface area contributed by atoms with Crippen LogP contribution in [0.2, 0.25) is 5.02 Å². The van der Waals surface area contributed by atoms with Crippen molar-refractivity contribution in [1.29, 1.82) is 0 Å². The van der Waals surface area contributed by atoms with E-state index in [1.807, 2.05) is 13.0 Å². The number of ether oxygens (including phenoxy) is 1. The minimum absolute atomic E-state index is 0.198. The first kappa shape index (κ1) is 12.2. The van der Waals surface area contributed by atoms with Crippen molar-refractivity contribution in [1.82, 2.24) is 5.32 Å². The first-order chi connectivity index (χ1) is 7.58. The fourth-order valence-corrected chi connectivity index (χ4v) is 2.81. The van der Waals surface area contributed by atoms with Gasteiger partial charge in [0.15, 0.2) is 0 Å². The number of halogens is 2. The fraction of sp³-hybridized carbons (Fsp3) is 0.455. The standard InChI is InChI=1S/C11H13BrClNO2/c1-6-2-7(13)3-8(12)11(6)16-10-5-14-4-9(10)15/h2-3,9-10,14-15H,4-5H2,1H3/t9-,10-/m1/s1. The lowest BCUT2D eigenvalue weighted by atomic mass is 10.2. The molecule has 2 N–H and O–H groups in total. The molecule has 1 aromatic rings. The van der Waals surface area contributed by atoms with E-state index in [-0.39, 0.29) is 6.10 Å². The van der Waals surface area contributed by atoms with Gasteiger partial charge in [-0.15, -0.1) is 0 Å². The number of aliphatic hydroxyl groups excluding tert-OH is 1. The van der Waals surface area contributed by atoms with Gasteiger partial charge in [0.05, 0.1) is 4.47 Å². The SMILES string of the molecule is Cc1cc(Cl)cc(Br)c1O[C@@H]1CNC[C@H]1O. The zero-order chi connectivity index (χ0) is 11.7. The predicted octanol–water partition coefficient (Wildman–Crippen LogP) is 2.12. The molecule has 0 amide bonds. The Bertz CT molecular complexity index is 377. The van der Waals surface area contributed by atoms with E-state index in [9.17, 15) is 5.11 Å². The Kier molecular flexibility index (Phi) is 3.74. The molecule has 0 spiro atoms. The van der Waals surface area contributed by atoms with Gasteiger partial charge in [0, 0.05) is 18.1 Å². The van der Waals surface area contributed by atoms with E-state index in [1.165, 1.54) is 0 Å². The lowest BCUT2D eigenvalue weighted by Crippen LogP contribution is -2.30. The van der Waals surface area contributed by atoms with E-state index in [1.54, 1.807) is 6.07 Å². The van der Waals surface area contributed by atoms with Crippen molar-refractivity contribution in [2.75, 3.05) is 13.1 Å². The lowest BCUT2D eigenvalue weighted by Gasteiger charge is -2.19. The van der Waals surface area contributed by atoms with Gasteiger partial charge < -0.3 is 15.2 Å². The Labute approximate surface area is 108 Å². The first-order valence-corrected chi connectivity index (χ1v) is 6.26. The average molecular weight is 307 g/mol. The Morgan fingerprint density at radius 2 is 2.25 bits per heavy atom. The molecule has 1 saturated heterocycles. The van der Waals surface area contributed by atoms with E-state index < -0.39 is 6.10 Å². The van der Waals surface area contributed by atoms with Gasteiger partial charge in [-0.3, -0.25) is 0 Å². The van der Waals surface area contributed by atoms with E-state index in [0.717, 1.165) is 15.8 Å². The molecule has 0 aromatic heterocycles. The highest BCUT2D eigenvalue weighted by Crippen LogP contribution is 2.33. The summed E-state index contributed by atoms with van der Waals surface area (Å²) in [6.45, 7) is 3.17. The van der Waals surface area contributed by atoms with Gasteiger partial charge in [0.1, 0.15) is 18.0 Å². The summed E-state index contributed by atoms with van der Waals surface area (Å²) in [5.74, 6) is 0.747. The van der Waals surface area contributed by atoms with Crippen LogP contribution in [0.5, 0.6) is 5.75 Å². The van der Waals surface area contributed by atoms with E-state index in [2.05, 4.69) is 21.2 Å². The third-order valence-corrected chi connectivity index (χ3v) is 3.40. The normalized spacial score (nSPS) is 24.8. The average Bonchev–Trinajstić information content (AvgIpc) is 2.57. The summed E-state index contributed by atoms with van der Waals surface area (Å²) in [5.41, 5.74) is 0.957. The second-order valence-electron chi connectivity index (χ2n) is 3.92. The molecule has 1 aliphatic rings. The molecule has 0 radical (unpaired) electrons. The van der Waals surface area contributed by atoms with E-state index in [4.69, 9.17) is 16.3 Å². The molecule has 1 aliphatic heterocycles. The molecular formula is C11H13BrClNO2. The number of benzene rings is 1. The maximum absolute atomic E-state index is 9.66. The third-order valence-electron chi connectivity index (χ3n) is 2.59. The predicted molar refractivity (Wildman–Crippen MR) is 67.2 cm³/mol. The molecular weight excluding hydrogens is 293 g/mol. The summed E-state index contributed by atoms with van der Waals surface area (Å²) in [5, 5.41) is 13.4. The topological polar surface area (TPSA) is 41.5 Å².